The van der Waals surface area contributed by atoms with Crippen LogP contribution in [0.3, 0.4) is 0 Å². The van der Waals surface area contributed by atoms with Gasteiger partial charge in [-0.15, -0.1) is 0 Å². The molecule has 0 saturated carbocycles. The zero-order chi connectivity index (χ0) is 19.2. The number of hydrazone groups is 1. The summed E-state index contributed by atoms with van der Waals surface area (Å²) < 4.78 is 2.08. The maximum atomic E-state index is 11.2. The fraction of sp³-hybridized carbons (Fsp3) is 0.150. The molecule has 0 atom stereocenters. The third-order valence-corrected chi connectivity index (χ3v) is 4.29. The zero-order valence-corrected chi connectivity index (χ0v) is 15.7. The molecule has 1 aromatic heterocycles. The van der Waals surface area contributed by atoms with E-state index in [0.29, 0.717) is 11.7 Å². The summed E-state index contributed by atoms with van der Waals surface area (Å²) in [6.07, 6.45) is 3.73. The number of carboxylic acids is 1. The molecule has 0 aliphatic carbocycles. The van der Waals surface area contributed by atoms with Crippen LogP contribution in [0.15, 0.2) is 59.8 Å². The molecule has 0 fully saturated rings. The fourth-order valence-corrected chi connectivity index (χ4v) is 3.07. The van der Waals surface area contributed by atoms with Gasteiger partial charge >= 0.3 is 5.97 Å². The van der Waals surface area contributed by atoms with Gasteiger partial charge in [-0.3, -0.25) is 5.43 Å². The highest BCUT2D eigenvalue weighted by atomic mass is 32.1. The number of thiocarbonyl (C=S) groups is 1. The number of hydrogen-bond acceptors (Lipinski definition) is 3. The minimum Gasteiger partial charge on any atom is -0.478 e. The molecule has 27 heavy (non-hydrogen) atoms. The molecule has 3 N–H and O–H groups in total. The number of fused-ring (bicyclic) bond motifs is 1. The summed E-state index contributed by atoms with van der Waals surface area (Å²) in [5.74, 6) is -0.926. The second kappa shape index (κ2) is 8.46. The van der Waals surface area contributed by atoms with Crippen LogP contribution in [0.4, 0.5) is 0 Å². The van der Waals surface area contributed by atoms with Gasteiger partial charge in [0, 0.05) is 35.8 Å². The lowest BCUT2D eigenvalue weighted by atomic mass is 10.1. The van der Waals surface area contributed by atoms with Crippen LogP contribution in [-0.4, -0.2) is 33.5 Å². The van der Waals surface area contributed by atoms with E-state index in [1.54, 1.807) is 24.4 Å². The molecule has 7 heteroatoms. The number of nitrogens with one attached hydrogen (secondary N) is 2. The Balaban J connectivity index is 1.88. The Hall–Kier alpha value is -3.19. The predicted octanol–water partition coefficient (Wildman–Crippen LogP) is 3.21. The first kappa shape index (κ1) is 18.6. The van der Waals surface area contributed by atoms with Crippen LogP contribution in [0.5, 0.6) is 0 Å². The molecule has 3 rings (SSSR count). The predicted molar refractivity (Wildman–Crippen MR) is 111 cm³/mol. The van der Waals surface area contributed by atoms with Gasteiger partial charge < -0.3 is 15.0 Å². The standard InChI is InChI=1S/C20H20N4O2S/c1-2-21-20(27)23-22-11-16-13-24(18-9-4-3-8-17(16)18)12-14-6-5-7-15(10-14)19(25)26/h3-11,13H,2,12H2,1H3,(H,25,26)(H2,21,23,27). The van der Waals surface area contributed by atoms with Gasteiger partial charge in [0.1, 0.15) is 0 Å². The lowest BCUT2D eigenvalue weighted by Gasteiger charge is -2.06. The number of aromatic carboxylic acids is 1. The van der Waals surface area contributed by atoms with Crippen molar-refractivity contribution in [2.24, 2.45) is 5.10 Å². The highest BCUT2D eigenvalue weighted by Crippen LogP contribution is 2.21. The summed E-state index contributed by atoms with van der Waals surface area (Å²) in [7, 11) is 0. The maximum Gasteiger partial charge on any atom is 0.335 e. The number of aromatic nitrogens is 1. The van der Waals surface area contributed by atoms with E-state index in [1.165, 1.54) is 0 Å². The first-order chi connectivity index (χ1) is 13.1. The van der Waals surface area contributed by atoms with Crippen molar-refractivity contribution in [3.8, 4) is 0 Å². The number of carbonyl (C=O) groups is 1. The molecular formula is C20H20N4O2S. The number of para-hydroxylation sites is 1. The van der Waals surface area contributed by atoms with Gasteiger partial charge in [-0.05, 0) is 42.9 Å². The van der Waals surface area contributed by atoms with E-state index < -0.39 is 5.97 Å². The van der Waals surface area contributed by atoms with E-state index in [-0.39, 0.29) is 5.56 Å². The van der Waals surface area contributed by atoms with Crippen LogP contribution < -0.4 is 10.7 Å². The molecule has 0 radical (unpaired) electrons. The average Bonchev–Trinajstić information content (AvgIpc) is 3.00. The van der Waals surface area contributed by atoms with E-state index >= 15 is 0 Å². The van der Waals surface area contributed by atoms with Gasteiger partial charge in [0.2, 0.25) is 0 Å². The van der Waals surface area contributed by atoms with Crippen molar-refractivity contribution >= 4 is 40.4 Å². The van der Waals surface area contributed by atoms with Crippen LogP contribution in [0.25, 0.3) is 10.9 Å². The second-order valence-electron chi connectivity index (χ2n) is 5.96. The number of hydrogen-bond donors (Lipinski definition) is 3. The van der Waals surface area contributed by atoms with E-state index in [0.717, 1.165) is 28.6 Å². The molecule has 1 heterocycles. The largest absolute Gasteiger partial charge is 0.478 e. The molecule has 0 bridgehead atoms. The topological polar surface area (TPSA) is 78.7 Å². The Labute approximate surface area is 162 Å². The maximum absolute atomic E-state index is 11.2. The summed E-state index contributed by atoms with van der Waals surface area (Å²) in [6, 6.07) is 15.0. The molecule has 0 unspecified atom stereocenters. The molecule has 0 saturated heterocycles. The molecule has 0 aliphatic rings. The number of nitrogens with zero attached hydrogens (tertiary/aromatic N) is 2. The number of carboxylic acid groups (broad SMARTS) is 1. The Morgan fingerprint density at radius 1 is 1.26 bits per heavy atom. The molecular weight excluding hydrogens is 360 g/mol. The van der Waals surface area contributed by atoms with E-state index in [1.807, 2.05) is 43.5 Å². The van der Waals surface area contributed by atoms with Crippen molar-refractivity contribution in [2.75, 3.05) is 6.54 Å². The van der Waals surface area contributed by atoms with E-state index in [2.05, 4.69) is 20.4 Å². The lowest BCUT2D eigenvalue weighted by molar-refractivity contribution is 0.0696. The van der Waals surface area contributed by atoms with Crippen molar-refractivity contribution in [3.63, 3.8) is 0 Å². The smallest absolute Gasteiger partial charge is 0.335 e. The van der Waals surface area contributed by atoms with E-state index in [4.69, 9.17) is 12.2 Å². The summed E-state index contributed by atoms with van der Waals surface area (Å²) in [5.41, 5.74) is 6.00. The van der Waals surface area contributed by atoms with Crippen molar-refractivity contribution in [1.82, 2.24) is 15.3 Å². The zero-order valence-electron chi connectivity index (χ0n) is 14.8. The molecule has 0 aliphatic heterocycles. The average molecular weight is 380 g/mol. The van der Waals surface area contributed by atoms with Crippen LogP contribution >= 0.6 is 12.2 Å². The Bertz CT molecular complexity index is 1010. The highest BCUT2D eigenvalue weighted by molar-refractivity contribution is 7.80. The normalized spacial score (nSPS) is 11.0. The van der Waals surface area contributed by atoms with Gasteiger partial charge in [-0.2, -0.15) is 5.10 Å². The first-order valence-electron chi connectivity index (χ1n) is 8.55. The quantitative estimate of drug-likeness (QED) is 0.348. The van der Waals surface area contributed by atoms with Crippen molar-refractivity contribution in [3.05, 3.63) is 71.4 Å². The minimum atomic E-state index is -0.926. The molecule has 0 amide bonds. The highest BCUT2D eigenvalue weighted by Gasteiger charge is 2.09. The Kier molecular flexibility index (Phi) is 5.83. The summed E-state index contributed by atoms with van der Waals surface area (Å²) >= 11 is 5.10. The fourth-order valence-electron chi connectivity index (χ4n) is 2.87. The summed E-state index contributed by atoms with van der Waals surface area (Å²) in [6.45, 7) is 3.26. The third kappa shape index (κ3) is 4.51. The van der Waals surface area contributed by atoms with Gasteiger partial charge in [0.25, 0.3) is 0 Å². The molecule has 3 aromatic rings. The van der Waals surface area contributed by atoms with Crippen LogP contribution in [0.1, 0.15) is 28.4 Å². The first-order valence-corrected chi connectivity index (χ1v) is 8.96. The van der Waals surface area contributed by atoms with E-state index in [9.17, 15) is 9.90 Å². The summed E-state index contributed by atoms with van der Waals surface area (Å²) in [5, 5.41) is 17.9. The minimum absolute atomic E-state index is 0.284. The Morgan fingerprint density at radius 3 is 2.85 bits per heavy atom. The van der Waals surface area contributed by atoms with Crippen LogP contribution in [0, 0.1) is 0 Å². The van der Waals surface area contributed by atoms with Gasteiger partial charge in [-0.25, -0.2) is 4.79 Å². The molecule has 0 spiro atoms. The number of rotatable bonds is 6. The molecule has 138 valence electrons. The molecule has 6 nitrogen and oxygen atoms in total. The Morgan fingerprint density at radius 2 is 2.07 bits per heavy atom. The van der Waals surface area contributed by atoms with Crippen LogP contribution in [-0.2, 0) is 6.54 Å². The lowest BCUT2D eigenvalue weighted by Crippen LogP contribution is -2.31. The van der Waals surface area contributed by atoms with Gasteiger partial charge in [0.05, 0.1) is 11.8 Å². The summed E-state index contributed by atoms with van der Waals surface area (Å²) in [4.78, 5) is 11.2. The number of benzene rings is 2. The van der Waals surface area contributed by atoms with Crippen molar-refractivity contribution in [2.45, 2.75) is 13.5 Å². The van der Waals surface area contributed by atoms with Crippen LogP contribution in [0.2, 0.25) is 0 Å². The van der Waals surface area contributed by atoms with Crippen molar-refractivity contribution < 1.29 is 9.90 Å². The molecule has 2 aromatic carbocycles. The monoisotopic (exact) mass is 380 g/mol. The SMILES string of the molecule is CCNC(=S)NN=Cc1cn(Cc2cccc(C(=O)O)c2)c2ccccc12. The van der Waals surface area contributed by atoms with Crippen molar-refractivity contribution in [1.29, 1.82) is 0 Å². The third-order valence-electron chi connectivity index (χ3n) is 4.05. The van der Waals surface area contributed by atoms with Gasteiger partial charge in [0.15, 0.2) is 5.11 Å². The second-order valence-corrected chi connectivity index (χ2v) is 6.37. The van der Waals surface area contributed by atoms with Gasteiger partial charge in [-0.1, -0.05) is 30.3 Å².